The maximum Gasteiger partial charge on any atom is 0.114 e. The van der Waals surface area contributed by atoms with Crippen molar-refractivity contribution >= 4 is 34.8 Å². The smallest absolute Gasteiger partial charge is 0.114 e. The van der Waals surface area contributed by atoms with E-state index in [2.05, 4.69) is 10.3 Å². The Kier molecular flexibility index (Phi) is 6.63. The van der Waals surface area contributed by atoms with Crippen molar-refractivity contribution in [2.75, 3.05) is 0 Å². The average Bonchev–Trinajstić information content (AvgIpc) is 3.09. The summed E-state index contributed by atoms with van der Waals surface area (Å²) in [5, 5.41) is 20.0. The third-order valence-electron chi connectivity index (χ3n) is 4.19. The minimum atomic E-state index is -1.07. The molecule has 0 aliphatic carbocycles. The predicted molar refractivity (Wildman–Crippen MR) is 111 cm³/mol. The van der Waals surface area contributed by atoms with Gasteiger partial charge in [0.05, 0.1) is 19.3 Å². The fourth-order valence-electron chi connectivity index (χ4n) is 2.62. The van der Waals surface area contributed by atoms with Crippen molar-refractivity contribution in [2.24, 2.45) is 0 Å². The van der Waals surface area contributed by atoms with E-state index < -0.39 is 11.7 Å². The first-order chi connectivity index (χ1) is 13.2. The summed E-state index contributed by atoms with van der Waals surface area (Å²) in [6.45, 7) is 4.06. The van der Waals surface area contributed by atoms with E-state index in [9.17, 15) is 5.11 Å². The third-order valence-corrected chi connectivity index (χ3v) is 5.01. The van der Waals surface area contributed by atoms with Crippen LogP contribution in [0.4, 0.5) is 0 Å². The number of hydrogen-bond acceptors (Lipinski definition) is 4. The van der Waals surface area contributed by atoms with Gasteiger partial charge in [-0.05, 0) is 43.7 Å². The molecule has 0 bridgehead atoms. The number of rotatable bonds is 7. The summed E-state index contributed by atoms with van der Waals surface area (Å²) in [6, 6.07) is 12.7. The predicted octanol–water partition coefficient (Wildman–Crippen LogP) is 5.42. The summed E-state index contributed by atoms with van der Waals surface area (Å²) in [4.78, 5) is 0. The highest BCUT2D eigenvalue weighted by Crippen LogP contribution is 2.30. The first-order valence-electron chi connectivity index (χ1n) is 8.66. The lowest BCUT2D eigenvalue weighted by Gasteiger charge is -2.20. The van der Waals surface area contributed by atoms with Crippen molar-refractivity contribution in [3.8, 4) is 0 Å². The van der Waals surface area contributed by atoms with Crippen molar-refractivity contribution in [3.63, 3.8) is 0 Å². The monoisotopic (exact) mass is 439 g/mol. The van der Waals surface area contributed by atoms with Crippen LogP contribution in [0.1, 0.15) is 36.8 Å². The van der Waals surface area contributed by atoms with Gasteiger partial charge in [0.25, 0.3) is 0 Å². The first-order valence-corrected chi connectivity index (χ1v) is 9.80. The zero-order chi connectivity index (χ0) is 20.3. The molecular weight excluding hydrogens is 421 g/mol. The summed E-state index contributed by atoms with van der Waals surface area (Å²) >= 11 is 18.4. The fourth-order valence-corrected chi connectivity index (χ4v) is 3.27. The highest BCUT2D eigenvalue weighted by molar-refractivity contribution is 6.35. The van der Waals surface area contributed by atoms with Crippen LogP contribution in [0, 0.1) is 0 Å². The van der Waals surface area contributed by atoms with Gasteiger partial charge in [-0.2, -0.15) is 0 Å². The van der Waals surface area contributed by atoms with Crippen LogP contribution >= 0.6 is 34.8 Å². The van der Waals surface area contributed by atoms with Gasteiger partial charge >= 0.3 is 0 Å². The van der Waals surface area contributed by atoms with Crippen molar-refractivity contribution in [1.29, 1.82) is 0 Å². The maximum atomic E-state index is 10.1. The van der Waals surface area contributed by atoms with E-state index in [1.54, 1.807) is 36.9 Å². The number of aromatic nitrogens is 3. The van der Waals surface area contributed by atoms with E-state index in [1.165, 1.54) is 0 Å². The Morgan fingerprint density at radius 1 is 1.07 bits per heavy atom. The molecule has 3 aromatic rings. The molecule has 0 spiro atoms. The minimum absolute atomic E-state index is 0.369. The van der Waals surface area contributed by atoms with Gasteiger partial charge in [0.15, 0.2) is 0 Å². The Bertz CT molecular complexity index is 937. The van der Waals surface area contributed by atoms with Gasteiger partial charge in [-0.1, -0.05) is 58.2 Å². The standard InChI is InChI=1S/C20H20Cl3N3O2/c1-20(2,27)19-11-26(25-24-19)10-18(16-8-7-15(22)9-17(16)23)28-12-13-3-5-14(21)6-4-13/h3-9,11,18,27H,10,12H2,1-2H3. The molecule has 1 N–H and O–H groups in total. The Morgan fingerprint density at radius 3 is 2.36 bits per heavy atom. The van der Waals surface area contributed by atoms with Crippen LogP contribution < -0.4 is 0 Å². The Balaban J connectivity index is 1.83. The molecule has 5 nitrogen and oxygen atoms in total. The number of aliphatic hydroxyl groups is 1. The largest absolute Gasteiger partial charge is 0.384 e. The molecule has 2 aromatic carbocycles. The van der Waals surface area contributed by atoms with Gasteiger partial charge < -0.3 is 9.84 Å². The van der Waals surface area contributed by atoms with Crippen LogP contribution in [-0.4, -0.2) is 20.1 Å². The first kappa shape index (κ1) is 21.1. The van der Waals surface area contributed by atoms with E-state index in [0.717, 1.165) is 11.1 Å². The van der Waals surface area contributed by atoms with E-state index in [0.29, 0.717) is 33.9 Å². The van der Waals surface area contributed by atoms with E-state index in [-0.39, 0.29) is 0 Å². The fraction of sp³-hybridized carbons (Fsp3) is 0.300. The van der Waals surface area contributed by atoms with E-state index in [1.807, 2.05) is 30.3 Å². The second kappa shape index (κ2) is 8.80. The summed E-state index contributed by atoms with van der Waals surface area (Å²) in [7, 11) is 0. The number of halogens is 3. The van der Waals surface area contributed by atoms with Gasteiger partial charge in [-0.25, -0.2) is 4.68 Å². The van der Waals surface area contributed by atoms with Gasteiger partial charge in [-0.15, -0.1) is 5.10 Å². The lowest BCUT2D eigenvalue weighted by Crippen LogP contribution is -2.16. The molecule has 1 aromatic heterocycles. The molecule has 0 aliphatic rings. The third kappa shape index (κ3) is 5.46. The molecule has 0 fully saturated rings. The van der Waals surface area contributed by atoms with Crippen LogP contribution in [0.25, 0.3) is 0 Å². The quantitative estimate of drug-likeness (QED) is 0.532. The minimum Gasteiger partial charge on any atom is -0.384 e. The van der Waals surface area contributed by atoms with Crippen molar-refractivity contribution in [1.82, 2.24) is 15.0 Å². The average molecular weight is 441 g/mol. The molecule has 0 amide bonds. The van der Waals surface area contributed by atoms with Gasteiger partial charge in [-0.3, -0.25) is 0 Å². The Labute approximate surface area is 178 Å². The highest BCUT2D eigenvalue weighted by atomic mass is 35.5. The zero-order valence-electron chi connectivity index (χ0n) is 15.4. The van der Waals surface area contributed by atoms with Crippen LogP contribution in [0.3, 0.4) is 0 Å². The summed E-state index contributed by atoms with van der Waals surface area (Å²) in [5.41, 5.74) is 1.18. The normalized spacial score (nSPS) is 12.9. The maximum absolute atomic E-state index is 10.1. The number of hydrogen-bond donors (Lipinski definition) is 1. The van der Waals surface area contributed by atoms with Gasteiger partial charge in [0.2, 0.25) is 0 Å². The molecule has 0 saturated carbocycles. The zero-order valence-corrected chi connectivity index (χ0v) is 17.7. The van der Waals surface area contributed by atoms with E-state index in [4.69, 9.17) is 39.5 Å². The van der Waals surface area contributed by atoms with Crippen molar-refractivity contribution in [3.05, 3.63) is 80.6 Å². The van der Waals surface area contributed by atoms with Crippen LogP contribution in [0.2, 0.25) is 15.1 Å². The molecule has 1 heterocycles. The summed E-state index contributed by atoms with van der Waals surface area (Å²) in [6.07, 6.45) is 1.31. The lowest BCUT2D eigenvalue weighted by molar-refractivity contribution is 0.0253. The number of benzene rings is 2. The highest BCUT2D eigenvalue weighted by Gasteiger charge is 2.22. The molecule has 0 saturated heterocycles. The molecule has 148 valence electrons. The number of nitrogens with zero attached hydrogens (tertiary/aromatic N) is 3. The SMILES string of the molecule is CC(C)(O)c1cn(CC(OCc2ccc(Cl)cc2)c2ccc(Cl)cc2Cl)nn1. The second-order valence-corrected chi connectivity index (χ2v) is 8.26. The topological polar surface area (TPSA) is 60.2 Å². The Morgan fingerprint density at radius 2 is 1.75 bits per heavy atom. The molecule has 1 atom stereocenters. The number of ether oxygens (including phenoxy) is 1. The van der Waals surface area contributed by atoms with Crippen molar-refractivity contribution in [2.45, 2.75) is 38.7 Å². The van der Waals surface area contributed by atoms with Crippen LogP contribution in [-0.2, 0) is 23.5 Å². The molecular formula is C20H20Cl3N3O2. The Hall–Kier alpha value is -1.63. The summed E-state index contributed by atoms with van der Waals surface area (Å²) in [5.74, 6) is 0. The molecule has 8 heteroatoms. The molecule has 28 heavy (non-hydrogen) atoms. The second-order valence-electron chi connectivity index (χ2n) is 6.98. The molecule has 3 rings (SSSR count). The van der Waals surface area contributed by atoms with Crippen LogP contribution in [0.15, 0.2) is 48.7 Å². The summed E-state index contributed by atoms with van der Waals surface area (Å²) < 4.78 is 7.78. The molecule has 1 unspecified atom stereocenters. The van der Waals surface area contributed by atoms with Crippen LogP contribution in [0.5, 0.6) is 0 Å². The van der Waals surface area contributed by atoms with E-state index >= 15 is 0 Å². The molecule has 0 radical (unpaired) electrons. The van der Waals surface area contributed by atoms with Crippen molar-refractivity contribution < 1.29 is 9.84 Å². The lowest BCUT2D eigenvalue weighted by atomic mass is 10.1. The van der Waals surface area contributed by atoms with Gasteiger partial charge in [0, 0.05) is 20.6 Å². The molecule has 0 aliphatic heterocycles. The van der Waals surface area contributed by atoms with Gasteiger partial charge in [0.1, 0.15) is 17.4 Å².